The molecule has 1 aromatic carbocycles. The van der Waals surface area contributed by atoms with E-state index in [1.54, 1.807) is 0 Å². The number of hydrogen-bond donors (Lipinski definition) is 1. The van der Waals surface area contributed by atoms with Gasteiger partial charge in [0.15, 0.2) is 0 Å². The average molecular weight is 256 g/mol. The first-order valence-corrected chi connectivity index (χ1v) is 7.03. The molecule has 0 spiro atoms. The zero-order valence-electron chi connectivity index (χ0n) is 11.4. The summed E-state index contributed by atoms with van der Waals surface area (Å²) in [4.78, 5) is 4.62. The maximum Gasteiger partial charge on any atom is 0.221 e. The molecule has 2 aromatic rings. The number of nitrogens with zero attached hydrogens (tertiary/aromatic N) is 1. The molecule has 1 fully saturated rings. The SMILES string of the molecule is CNCc1cc2ccccc2c(OCCC2CC2)n1. The summed E-state index contributed by atoms with van der Waals surface area (Å²) in [6, 6.07) is 10.4. The lowest BCUT2D eigenvalue weighted by atomic mass is 10.1. The van der Waals surface area contributed by atoms with Gasteiger partial charge in [-0.05, 0) is 36.9 Å². The highest BCUT2D eigenvalue weighted by molar-refractivity contribution is 5.87. The third kappa shape index (κ3) is 3.04. The predicted octanol–water partition coefficient (Wildman–Crippen LogP) is 3.13. The molecule has 0 radical (unpaired) electrons. The second-order valence-corrected chi connectivity index (χ2v) is 5.25. The number of rotatable bonds is 6. The predicted molar refractivity (Wildman–Crippen MR) is 77.3 cm³/mol. The molecule has 3 nitrogen and oxygen atoms in total. The lowest BCUT2D eigenvalue weighted by molar-refractivity contribution is 0.294. The summed E-state index contributed by atoms with van der Waals surface area (Å²) in [5.74, 6) is 1.68. The van der Waals surface area contributed by atoms with Crippen LogP contribution >= 0.6 is 0 Å². The summed E-state index contributed by atoms with van der Waals surface area (Å²) in [5.41, 5.74) is 1.03. The van der Waals surface area contributed by atoms with Gasteiger partial charge in [-0.1, -0.05) is 31.0 Å². The minimum Gasteiger partial charge on any atom is -0.477 e. The van der Waals surface area contributed by atoms with Gasteiger partial charge in [0.25, 0.3) is 0 Å². The van der Waals surface area contributed by atoms with Crippen LogP contribution in [0.5, 0.6) is 5.88 Å². The molecule has 0 unspecified atom stereocenters. The van der Waals surface area contributed by atoms with Crippen LogP contribution in [0.2, 0.25) is 0 Å². The van der Waals surface area contributed by atoms with Gasteiger partial charge in [0.1, 0.15) is 0 Å². The van der Waals surface area contributed by atoms with Crippen molar-refractivity contribution in [2.45, 2.75) is 25.8 Å². The summed E-state index contributed by atoms with van der Waals surface area (Å²) < 4.78 is 5.92. The van der Waals surface area contributed by atoms with Gasteiger partial charge < -0.3 is 10.1 Å². The highest BCUT2D eigenvalue weighted by Crippen LogP contribution is 2.32. The van der Waals surface area contributed by atoms with Crippen molar-refractivity contribution >= 4 is 10.8 Å². The Morgan fingerprint density at radius 3 is 2.95 bits per heavy atom. The maximum absolute atomic E-state index is 5.92. The lowest BCUT2D eigenvalue weighted by Gasteiger charge is -2.10. The van der Waals surface area contributed by atoms with Gasteiger partial charge in [0.2, 0.25) is 5.88 Å². The molecule has 0 amide bonds. The first-order valence-electron chi connectivity index (χ1n) is 7.03. The quantitative estimate of drug-likeness (QED) is 0.862. The monoisotopic (exact) mass is 256 g/mol. The van der Waals surface area contributed by atoms with Crippen LogP contribution in [-0.2, 0) is 6.54 Å². The van der Waals surface area contributed by atoms with Crippen molar-refractivity contribution in [3.63, 3.8) is 0 Å². The Bertz CT molecular complexity index is 564. The number of nitrogens with one attached hydrogen (secondary N) is 1. The molecule has 1 heterocycles. The Balaban J connectivity index is 1.85. The fourth-order valence-corrected chi connectivity index (χ4v) is 2.33. The number of hydrogen-bond acceptors (Lipinski definition) is 3. The Kier molecular flexibility index (Phi) is 3.65. The standard InChI is InChI=1S/C16H20N2O/c1-17-11-14-10-13-4-2-3-5-15(13)16(18-14)19-9-8-12-6-7-12/h2-5,10,12,17H,6-9,11H2,1H3. The van der Waals surface area contributed by atoms with Crippen LogP contribution < -0.4 is 10.1 Å². The van der Waals surface area contributed by atoms with Crippen LogP contribution in [0.4, 0.5) is 0 Å². The van der Waals surface area contributed by atoms with E-state index in [1.165, 1.54) is 18.2 Å². The van der Waals surface area contributed by atoms with E-state index in [1.807, 2.05) is 13.1 Å². The van der Waals surface area contributed by atoms with E-state index in [0.29, 0.717) is 0 Å². The fraction of sp³-hybridized carbons (Fsp3) is 0.438. The van der Waals surface area contributed by atoms with Gasteiger partial charge in [0.05, 0.1) is 12.3 Å². The summed E-state index contributed by atoms with van der Waals surface area (Å²) >= 11 is 0. The largest absolute Gasteiger partial charge is 0.477 e. The van der Waals surface area contributed by atoms with Crippen molar-refractivity contribution in [2.24, 2.45) is 5.92 Å². The number of ether oxygens (including phenoxy) is 1. The smallest absolute Gasteiger partial charge is 0.221 e. The number of aromatic nitrogens is 1. The van der Waals surface area contributed by atoms with Crippen LogP contribution in [0.25, 0.3) is 10.8 Å². The Labute approximate surface area is 114 Å². The Morgan fingerprint density at radius 2 is 2.16 bits per heavy atom. The minimum atomic E-state index is 0.768. The van der Waals surface area contributed by atoms with Gasteiger partial charge in [-0.2, -0.15) is 0 Å². The molecule has 1 aliphatic carbocycles. The van der Waals surface area contributed by atoms with Crippen LogP contribution in [0.15, 0.2) is 30.3 Å². The van der Waals surface area contributed by atoms with Crippen molar-refractivity contribution in [2.75, 3.05) is 13.7 Å². The second kappa shape index (κ2) is 5.57. The van der Waals surface area contributed by atoms with Crippen molar-refractivity contribution in [1.82, 2.24) is 10.3 Å². The summed E-state index contributed by atoms with van der Waals surface area (Å²) in [6.07, 6.45) is 3.90. The van der Waals surface area contributed by atoms with Crippen molar-refractivity contribution < 1.29 is 4.74 Å². The van der Waals surface area contributed by atoms with Crippen molar-refractivity contribution in [3.8, 4) is 5.88 Å². The van der Waals surface area contributed by atoms with E-state index in [2.05, 4.69) is 34.6 Å². The van der Waals surface area contributed by atoms with E-state index in [-0.39, 0.29) is 0 Å². The van der Waals surface area contributed by atoms with E-state index in [4.69, 9.17) is 4.74 Å². The molecule has 3 heteroatoms. The number of pyridine rings is 1. The Hall–Kier alpha value is -1.61. The maximum atomic E-state index is 5.92. The minimum absolute atomic E-state index is 0.768. The third-order valence-electron chi connectivity index (χ3n) is 3.58. The summed E-state index contributed by atoms with van der Waals surface area (Å²) in [6.45, 7) is 1.55. The highest BCUT2D eigenvalue weighted by Gasteiger charge is 2.21. The van der Waals surface area contributed by atoms with Gasteiger partial charge in [-0.3, -0.25) is 0 Å². The topological polar surface area (TPSA) is 34.1 Å². The van der Waals surface area contributed by atoms with E-state index in [0.717, 1.165) is 42.5 Å². The Morgan fingerprint density at radius 1 is 1.32 bits per heavy atom. The zero-order chi connectivity index (χ0) is 13.1. The van der Waals surface area contributed by atoms with E-state index < -0.39 is 0 Å². The van der Waals surface area contributed by atoms with Crippen LogP contribution in [0, 0.1) is 5.92 Å². The van der Waals surface area contributed by atoms with Gasteiger partial charge in [-0.15, -0.1) is 0 Å². The molecule has 1 aromatic heterocycles. The van der Waals surface area contributed by atoms with Gasteiger partial charge in [0, 0.05) is 11.9 Å². The molecule has 0 saturated heterocycles. The van der Waals surface area contributed by atoms with Crippen molar-refractivity contribution in [1.29, 1.82) is 0 Å². The summed E-state index contributed by atoms with van der Waals surface area (Å²) in [5, 5.41) is 5.45. The lowest BCUT2D eigenvalue weighted by Crippen LogP contribution is -2.08. The first kappa shape index (κ1) is 12.4. The van der Waals surface area contributed by atoms with E-state index >= 15 is 0 Å². The fourth-order valence-electron chi connectivity index (χ4n) is 2.33. The molecular weight excluding hydrogens is 236 g/mol. The molecule has 1 N–H and O–H groups in total. The molecule has 100 valence electrons. The number of benzene rings is 1. The average Bonchev–Trinajstić information content (AvgIpc) is 3.23. The molecule has 0 aliphatic heterocycles. The van der Waals surface area contributed by atoms with Gasteiger partial charge >= 0.3 is 0 Å². The molecule has 1 saturated carbocycles. The molecule has 3 rings (SSSR count). The second-order valence-electron chi connectivity index (χ2n) is 5.25. The normalized spacial score (nSPS) is 14.8. The molecule has 0 bridgehead atoms. The van der Waals surface area contributed by atoms with Crippen LogP contribution in [0.3, 0.4) is 0 Å². The van der Waals surface area contributed by atoms with Crippen LogP contribution in [-0.4, -0.2) is 18.6 Å². The molecular formula is C16H20N2O. The number of fused-ring (bicyclic) bond motifs is 1. The molecule has 1 aliphatic rings. The van der Waals surface area contributed by atoms with Gasteiger partial charge in [-0.25, -0.2) is 4.98 Å². The van der Waals surface area contributed by atoms with Crippen LogP contribution in [0.1, 0.15) is 25.0 Å². The van der Waals surface area contributed by atoms with Crippen molar-refractivity contribution in [3.05, 3.63) is 36.0 Å². The molecule has 19 heavy (non-hydrogen) atoms. The summed E-state index contributed by atoms with van der Waals surface area (Å²) in [7, 11) is 1.94. The van der Waals surface area contributed by atoms with E-state index in [9.17, 15) is 0 Å². The third-order valence-corrected chi connectivity index (χ3v) is 3.58. The zero-order valence-corrected chi connectivity index (χ0v) is 11.4. The molecule has 0 atom stereocenters. The highest BCUT2D eigenvalue weighted by atomic mass is 16.5. The first-order chi connectivity index (χ1) is 9.36.